The Balaban J connectivity index is 2.13. The van der Waals surface area contributed by atoms with E-state index in [0.717, 1.165) is 31.5 Å². The Labute approximate surface area is 133 Å². The minimum absolute atomic E-state index is 0.00813. The molecule has 0 radical (unpaired) electrons. The van der Waals surface area contributed by atoms with E-state index >= 15 is 0 Å². The van der Waals surface area contributed by atoms with E-state index < -0.39 is 5.92 Å². The van der Waals surface area contributed by atoms with Crippen molar-refractivity contribution in [2.45, 2.75) is 47.0 Å². The smallest absolute Gasteiger partial charge is 0.240 e. The van der Waals surface area contributed by atoms with E-state index in [0.29, 0.717) is 12.3 Å². The van der Waals surface area contributed by atoms with Gasteiger partial charge in [0, 0.05) is 13.1 Å². The van der Waals surface area contributed by atoms with E-state index in [1.165, 1.54) is 16.7 Å². The SMILES string of the molecule is Cc1cc(C)c(CC(C#N)C(=O)N2CCC(C)CC2)c(C)c1. The van der Waals surface area contributed by atoms with Gasteiger partial charge in [0.2, 0.25) is 5.91 Å². The summed E-state index contributed by atoms with van der Waals surface area (Å²) in [5.41, 5.74) is 4.73. The fourth-order valence-electron chi connectivity index (χ4n) is 3.37. The van der Waals surface area contributed by atoms with Crippen LogP contribution in [0.5, 0.6) is 0 Å². The van der Waals surface area contributed by atoms with E-state index in [1.54, 1.807) is 0 Å². The van der Waals surface area contributed by atoms with Crippen molar-refractivity contribution in [2.24, 2.45) is 11.8 Å². The maximum atomic E-state index is 12.6. The van der Waals surface area contributed by atoms with Crippen LogP contribution in [0.15, 0.2) is 12.1 Å². The average Bonchev–Trinajstić information content (AvgIpc) is 2.47. The molecule has 0 spiro atoms. The van der Waals surface area contributed by atoms with Crippen molar-refractivity contribution in [1.29, 1.82) is 5.26 Å². The number of piperidine rings is 1. The summed E-state index contributed by atoms with van der Waals surface area (Å²) in [7, 11) is 0. The first-order valence-electron chi connectivity index (χ1n) is 8.17. The molecule has 0 aliphatic carbocycles. The van der Waals surface area contributed by atoms with E-state index in [9.17, 15) is 10.1 Å². The van der Waals surface area contributed by atoms with Crippen LogP contribution in [0.1, 0.15) is 42.0 Å². The molecule has 1 fully saturated rings. The van der Waals surface area contributed by atoms with Crippen LogP contribution in [-0.4, -0.2) is 23.9 Å². The molecule has 0 bridgehead atoms. The fraction of sp³-hybridized carbons (Fsp3) is 0.579. The number of hydrogen-bond acceptors (Lipinski definition) is 2. The van der Waals surface area contributed by atoms with Crippen LogP contribution >= 0.6 is 0 Å². The molecule has 1 aromatic carbocycles. The third-order valence-electron chi connectivity index (χ3n) is 4.80. The third-order valence-corrected chi connectivity index (χ3v) is 4.80. The quantitative estimate of drug-likeness (QED) is 0.856. The van der Waals surface area contributed by atoms with E-state index in [1.807, 2.05) is 4.90 Å². The Morgan fingerprint density at radius 3 is 2.32 bits per heavy atom. The van der Waals surface area contributed by atoms with Crippen molar-refractivity contribution < 1.29 is 4.79 Å². The van der Waals surface area contributed by atoms with Gasteiger partial charge in [-0.3, -0.25) is 4.79 Å². The summed E-state index contributed by atoms with van der Waals surface area (Å²) >= 11 is 0. The molecule has 118 valence electrons. The molecule has 3 heteroatoms. The summed E-state index contributed by atoms with van der Waals surface area (Å²) in [5.74, 6) is 0.133. The van der Waals surface area contributed by atoms with Crippen molar-refractivity contribution in [3.05, 3.63) is 34.4 Å². The van der Waals surface area contributed by atoms with E-state index in [-0.39, 0.29) is 5.91 Å². The number of nitrogens with zero attached hydrogens (tertiary/aromatic N) is 2. The first-order chi connectivity index (χ1) is 10.4. The van der Waals surface area contributed by atoms with Crippen LogP contribution in [-0.2, 0) is 11.2 Å². The predicted molar refractivity (Wildman–Crippen MR) is 88.4 cm³/mol. The van der Waals surface area contributed by atoms with Gasteiger partial charge in [-0.05, 0) is 62.6 Å². The Bertz CT molecular complexity index is 569. The number of carbonyl (C=O) groups is 1. The molecule has 3 nitrogen and oxygen atoms in total. The summed E-state index contributed by atoms with van der Waals surface area (Å²) in [4.78, 5) is 14.5. The molecule has 1 aromatic rings. The predicted octanol–water partition coefficient (Wildman–Crippen LogP) is 3.55. The maximum absolute atomic E-state index is 12.6. The van der Waals surface area contributed by atoms with Gasteiger partial charge < -0.3 is 4.90 Å². The second-order valence-electron chi connectivity index (χ2n) is 6.77. The Morgan fingerprint density at radius 1 is 1.27 bits per heavy atom. The molecular weight excluding hydrogens is 272 g/mol. The van der Waals surface area contributed by atoms with Crippen molar-refractivity contribution >= 4 is 5.91 Å². The van der Waals surface area contributed by atoms with E-state index in [4.69, 9.17) is 0 Å². The lowest BCUT2D eigenvalue weighted by Crippen LogP contribution is -2.41. The molecule has 0 N–H and O–H groups in total. The molecule has 1 aliphatic heterocycles. The highest BCUT2D eigenvalue weighted by Crippen LogP contribution is 2.23. The molecule has 1 amide bonds. The zero-order valence-electron chi connectivity index (χ0n) is 14.1. The van der Waals surface area contributed by atoms with E-state index in [2.05, 4.69) is 45.9 Å². The molecule has 0 aromatic heterocycles. The first kappa shape index (κ1) is 16.5. The number of amides is 1. The van der Waals surface area contributed by atoms with Crippen LogP contribution in [0.2, 0.25) is 0 Å². The summed E-state index contributed by atoms with van der Waals surface area (Å²) in [5, 5.41) is 9.48. The van der Waals surface area contributed by atoms with Crippen molar-refractivity contribution in [3.8, 4) is 6.07 Å². The second-order valence-corrected chi connectivity index (χ2v) is 6.77. The zero-order chi connectivity index (χ0) is 16.3. The number of benzene rings is 1. The Morgan fingerprint density at radius 2 is 1.82 bits per heavy atom. The maximum Gasteiger partial charge on any atom is 0.240 e. The largest absolute Gasteiger partial charge is 0.342 e. The zero-order valence-corrected chi connectivity index (χ0v) is 14.1. The standard InChI is InChI=1S/C19H26N2O/c1-13-5-7-21(8-6-13)19(22)17(12-20)11-18-15(3)9-14(2)10-16(18)4/h9-10,13,17H,5-8,11H2,1-4H3. The number of likely N-dealkylation sites (tertiary alicyclic amines) is 1. The lowest BCUT2D eigenvalue weighted by atomic mass is 9.90. The van der Waals surface area contributed by atoms with Gasteiger partial charge in [-0.15, -0.1) is 0 Å². The van der Waals surface area contributed by atoms with Gasteiger partial charge in [0.25, 0.3) is 0 Å². The number of hydrogen-bond donors (Lipinski definition) is 0. The van der Waals surface area contributed by atoms with Gasteiger partial charge in [0.15, 0.2) is 0 Å². The Hall–Kier alpha value is -1.82. The van der Waals surface area contributed by atoms with Crippen LogP contribution in [0, 0.1) is 43.9 Å². The monoisotopic (exact) mass is 298 g/mol. The molecule has 1 aliphatic rings. The van der Waals surface area contributed by atoms with Gasteiger partial charge >= 0.3 is 0 Å². The molecule has 1 saturated heterocycles. The molecule has 0 saturated carbocycles. The van der Waals surface area contributed by atoms with Crippen molar-refractivity contribution in [2.75, 3.05) is 13.1 Å². The van der Waals surface area contributed by atoms with Gasteiger partial charge in [-0.1, -0.05) is 24.6 Å². The van der Waals surface area contributed by atoms with Gasteiger partial charge in [0.1, 0.15) is 5.92 Å². The lowest BCUT2D eigenvalue weighted by molar-refractivity contribution is -0.135. The van der Waals surface area contributed by atoms with Crippen molar-refractivity contribution in [1.82, 2.24) is 4.90 Å². The van der Waals surface area contributed by atoms with Crippen LogP contribution in [0.25, 0.3) is 0 Å². The van der Waals surface area contributed by atoms with Gasteiger partial charge in [0.05, 0.1) is 6.07 Å². The summed E-state index contributed by atoms with van der Waals surface area (Å²) in [6.07, 6.45) is 2.62. The molecule has 22 heavy (non-hydrogen) atoms. The number of rotatable bonds is 3. The molecule has 1 atom stereocenters. The van der Waals surface area contributed by atoms with Crippen LogP contribution in [0.4, 0.5) is 0 Å². The highest BCUT2D eigenvalue weighted by molar-refractivity contribution is 5.81. The van der Waals surface area contributed by atoms with Crippen LogP contribution < -0.4 is 0 Å². The number of nitriles is 1. The molecule has 1 heterocycles. The Kier molecular flexibility index (Phi) is 5.24. The fourth-order valence-corrected chi connectivity index (χ4v) is 3.37. The summed E-state index contributed by atoms with van der Waals surface area (Å²) < 4.78 is 0. The summed E-state index contributed by atoms with van der Waals surface area (Å²) in [6, 6.07) is 6.49. The highest BCUT2D eigenvalue weighted by atomic mass is 16.2. The minimum Gasteiger partial charge on any atom is -0.342 e. The third kappa shape index (κ3) is 3.68. The van der Waals surface area contributed by atoms with Gasteiger partial charge in [-0.25, -0.2) is 0 Å². The molecule has 1 unspecified atom stereocenters. The number of carbonyl (C=O) groups excluding carboxylic acids is 1. The van der Waals surface area contributed by atoms with Crippen LogP contribution in [0.3, 0.4) is 0 Å². The number of aryl methyl sites for hydroxylation is 3. The van der Waals surface area contributed by atoms with Gasteiger partial charge in [-0.2, -0.15) is 5.26 Å². The topological polar surface area (TPSA) is 44.1 Å². The normalized spacial score (nSPS) is 17.1. The van der Waals surface area contributed by atoms with Crippen molar-refractivity contribution in [3.63, 3.8) is 0 Å². The summed E-state index contributed by atoms with van der Waals surface area (Å²) in [6.45, 7) is 10.0. The molecular formula is C19H26N2O. The lowest BCUT2D eigenvalue weighted by Gasteiger charge is -2.31. The molecule has 2 rings (SSSR count). The second kappa shape index (κ2) is 6.96. The highest BCUT2D eigenvalue weighted by Gasteiger charge is 2.28. The average molecular weight is 298 g/mol. The first-order valence-corrected chi connectivity index (χ1v) is 8.17. The minimum atomic E-state index is -0.562.